The van der Waals surface area contributed by atoms with E-state index in [4.69, 9.17) is 10.5 Å². The molecule has 2 aromatic carbocycles. The summed E-state index contributed by atoms with van der Waals surface area (Å²) in [6.45, 7) is 5.53. The highest BCUT2D eigenvalue weighted by atomic mass is 127. The molecular formula is C18H24IN3O. The third-order valence-electron chi connectivity index (χ3n) is 2.98. The van der Waals surface area contributed by atoms with E-state index in [-0.39, 0.29) is 24.0 Å². The molecule has 0 radical (unpaired) electrons. The summed E-state index contributed by atoms with van der Waals surface area (Å²) >= 11 is 0. The summed E-state index contributed by atoms with van der Waals surface area (Å²) in [5.41, 5.74) is 7.90. The number of hydrogen-bond acceptors (Lipinski definition) is 2. The molecule has 0 heterocycles. The maximum Gasteiger partial charge on any atom is 0.193 e. The molecule has 2 rings (SSSR count). The van der Waals surface area contributed by atoms with Crippen LogP contribution in [0.25, 0.3) is 0 Å². The molecule has 0 aliphatic carbocycles. The van der Waals surface area contributed by atoms with Crippen LogP contribution in [0.3, 0.4) is 0 Å². The van der Waals surface area contributed by atoms with Gasteiger partial charge in [-0.05, 0) is 35.7 Å². The lowest BCUT2D eigenvalue weighted by Crippen LogP contribution is -2.22. The molecule has 0 saturated carbocycles. The Labute approximate surface area is 155 Å². The van der Waals surface area contributed by atoms with Crippen LogP contribution in [0.4, 0.5) is 5.69 Å². The van der Waals surface area contributed by atoms with Crippen molar-refractivity contribution in [2.45, 2.75) is 20.4 Å². The second-order valence-electron chi connectivity index (χ2n) is 5.54. The normalized spacial score (nSPS) is 11.0. The number of aliphatic imine (C=N–C) groups is 1. The zero-order chi connectivity index (χ0) is 15.8. The summed E-state index contributed by atoms with van der Waals surface area (Å²) in [5, 5.41) is 3.06. The first-order valence-corrected chi connectivity index (χ1v) is 7.47. The average Bonchev–Trinajstić information content (AvgIpc) is 2.53. The number of nitrogens with zero attached hydrogens (tertiary/aromatic N) is 1. The number of anilines is 1. The molecule has 3 N–H and O–H groups in total. The van der Waals surface area contributed by atoms with Crippen LogP contribution >= 0.6 is 24.0 Å². The topological polar surface area (TPSA) is 59.6 Å². The van der Waals surface area contributed by atoms with E-state index in [2.05, 4.69) is 24.2 Å². The number of para-hydroxylation sites is 1. The van der Waals surface area contributed by atoms with E-state index >= 15 is 0 Å². The van der Waals surface area contributed by atoms with E-state index in [1.54, 1.807) is 0 Å². The van der Waals surface area contributed by atoms with Crippen LogP contribution in [0.1, 0.15) is 19.4 Å². The highest BCUT2D eigenvalue weighted by Gasteiger charge is 1.98. The molecule has 5 heteroatoms. The number of hydrogen-bond donors (Lipinski definition) is 2. The number of nitrogens with one attached hydrogen (secondary N) is 1. The SMILES string of the molecule is CC(C)COc1ccc(CN=C(N)Nc2ccccc2)cc1.I. The van der Waals surface area contributed by atoms with Crippen molar-refractivity contribution in [1.82, 2.24) is 0 Å². The molecule has 2 aromatic rings. The van der Waals surface area contributed by atoms with Gasteiger partial charge in [0, 0.05) is 5.69 Å². The Morgan fingerprint density at radius 1 is 1.09 bits per heavy atom. The zero-order valence-electron chi connectivity index (χ0n) is 13.5. The maximum atomic E-state index is 5.88. The van der Waals surface area contributed by atoms with Gasteiger partial charge in [0.2, 0.25) is 0 Å². The minimum atomic E-state index is 0. The van der Waals surface area contributed by atoms with E-state index < -0.39 is 0 Å². The van der Waals surface area contributed by atoms with E-state index in [1.165, 1.54) is 0 Å². The summed E-state index contributed by atoms with van der Waals surface area (Å²) in [5.74, 6) is 1.82. The molecule has 0 spiro atoms. The Morgan fingerprint density at radius 3 is 2.35 bits per heavy atom. The Balaban J connectivity index is 0.00000264. The standard InChI is InChI=1S/C18H23N3O.HI/c1-14(2)13-22-17-10-8-15(9-11-17)12-20-18(19)21-16-6-4-3-5-7-16;/h3-11,14H,12-13H2,1-2H3,(H3,19,20,21);1H. The quantitative estimate of drug-likeness (QED) is 0.413. The van der Waals surface area contributed by atoms with Crippen molar-refractivity contribution in [2.75, 3.05) is 11.9 Å². The summed E-state index contributed by atoms with van der Waals surface area (Å²) in [7, 11) is 0. The summed E-state index contributed by atoms with van der Waals surface area (Å²) < 4.78 is 5.65. The highest BCUT2D eigenvalue weighted by molar-refractivity contribution is 14.0. The molecule has 124 valence electrons. The van der Waals surface area contributed by atoms with Crippen LogP contribution in [-0.4, -0.2) is 12.6 Å². The molecule has 0 bridgehead atoms. The van der Waals surface area contributed by atoms with Crippen molar-refractivity contribution in [1.29, 1.82) is 0 Å². The van der Waals surface area contributed by atoms with Gasteiger partial charge in [-0.15, -0.1) is 24.0 Å². The van der Waals surface area contributed by atoms with Crippen molar-refractivity contribution in [3.8, 4) is 5.75 Å². The fourth-order valence-corrected chi connectivity index (χ4v) is 1.84. The molecular weight excluding hydrogens is 401 g/mol. The Kier molecular flexibility index (Phi) is 8.47. The lowest BCUT2D eigenvalue weighted by molar-refractivity contribution is 0.271. The van der Waals surface area contributed by atoms with Crippen LogP contribution in [0.2, 0.25) is 0 Å². The first-order valence-electron chi connectivity index (χ1n) is 7.47. The van der Waals surface area contributed by atoms with E-state index in [0.717, 1.165) is 23.6 Å². The molecule has 0 fully saturated rings. The molecule has 4 nitrogen and oxygen atoms in total. The number of halogens is 1. The van der Waals surface area contributed by atoms with Crippen LogP contribution in [0, 0.1) is 5.92 Å². The Bertz CT molecular complexity index is 597. The van der Waals surface area contributed by atoms with Gasteiger partial charge < -0.3 is 15.8 Å². The van der Waals surface area contributed by atoms with Crippen LogP contribution in [-0.2, 0) is 6.54 Å². The number of nitrogens with two attached hydrogens (primary N) is 1. The van der Waals surface area contributed by atoms with Gasteiger partial charge in [0.1, 0.15) is 5.75 Å². The molecule has 0 aliphatic rings. The molecule has 0 saturated heterocycles. The fourth-order valence-electron chi connectivity index (χ4n) is 1.84. The van der Waals surface area contributed by atoms with Gasteiger partial charge in [0.25, 0.3) is 0 Å². The lowest BCUT2D eigenvalue weighted by atomic mass is 10.2. The number of guanidine groups is 1. The summed E-state index contributed by atoms with van der Waals surface area (Å²) in [6.07, 6.45) is 0. The van der Waals surface area contributed by atoms with Crippen molar-refractivity contribution >= 4 is 35.6 Å². The van der Waals surface area contributed by atoms with Gasteiger partial charge in [0.15, 0.2) is 5.96 Å². The number of benzene rings is 2. The average molecular weight is 425 g/mol. The van der Waals surface area contributed by atoms with Crippen LogP contribution < -0.4 is 15.8 Å². The van der Waals surface area contributed by atoms with Crippen LogP contribution in [0.15, 0.2) is 59.6 Å². The largest absolute Gasteiger partial charge is 0.493 e. The van der Waals surface area contributed by atoms with E-state index in [0.29, 0.717) is 18.4 Å². The van der Waals surface area contributed by atoms with Gasteiger partial charge in [-0.3, -0.25) is 0 Å². The second-order valence-corrected chi connectivity index (χ2v) is 5.54. The minimum Gasteiger partial charge on any atom is -0.493 e. The summed E-state index contributed by atoms with van der Waals surface area (Å²) in [6, 6.07) is 17.7. The van der Waals surface area contributed by atoms with Crippen molar-refractivity contribution < 1.29 is 4.74 Å². The van der Waals surface area contributed by atoms with Gasteiger partial charge in [-0.1, -0.05) is 44.2 Å². The van der Waals surface area contributed by atoms with Gasteiger partial charge in [-0.2, -0.15) is 0 Å². The molecule has 0 atom stereocenters. The van der Waals surface area contributed by atoms with Crippen molar-refractivity contribution in [3.05, 3.63) is 60.2 Å². The lowest BCUT2D eigenvalue weighted by Gasteiger charge is -2.09. The first-order chi connectivity index (χ1) is 10.6. The molecule has 0 amide bonds. The highest BCUT2D eigenvalue weighted by Crippen LogP contribution is 2.14. The Hall–Kier alpha value is -1.76. The van der Waals surface area contributed by atoms with E-state index in [1.807, 2.05) is 54.6 Å². The van der Waals surface area contributed by atoms with Crippen molar-refractivity contribution in [3.63, 3.8) is 0 Å². The molecule has 0 unspecified atom stereocenters. The smallest absolute Gasteiger partial charge is 0.193 e. The predicted octanol–water partition coefficient (Wildman–Crippen LogP) is 4.27. The summed E-state index contributed by atoms with van der Waals surface area (Å²) in [4.78, 5) is 4.34. The first kappa shape index (κ1) is 19.3. The Morgan fingerprint density at radius 2 is 1.74 bits per heavy atom. The third-order valence-corrected chi connectivity index (χ3v) is 2.98. The molecule has 23 heavy (non-hydrogen) atoms. The van der Waals surface area contributed by atoms with E-state index in [9.17, 15) is 0 Å². The third kappa shape index (κ3) is 7.36. The molecule has 0 aliphatic heterocycles. The second kappa shape index (κ2) is 10.1. The number of rotatable bonds is 6. The zero-order valence-corrected chi connectivity index (χ0v) is 15.9. The predicted molar refractivity (Wildman–Crippen MR) is 108 cm³/mol. The van der Waals surface area contributed by atoms with Gasteiger partial charge >= 0.3 is 0 Å². The number of ether oxygens (including phenoxy) is 1. The monoisotopic (exact) mass is 425 g/mol. The minimum absolute atomic E-state index is 0. The van der Waals surface area contributed by atoms with Gasteiger partial charge in [-0.25, -0.2) is 4.99 Å². The van der Waals surface area contributed by atoms with Crippen LogP contribution in [0.5, 0.6) is 5.75 Å². The van der Waals surface area contributed by atoms with Crippen molar-refractivity contribution in [2.24, 2.45) is 16.6 Å². The maximum absolute atomic E-state index is 5.88. The molecule has 0 aromatic heterocycles. The fraction of sp³-hybridized carbons (Fsp3) is 0.278. The van der Waals surface area contributed by atoms with Gasteiger partial charge in [0.05, 0.1) is 13.2 Å².